The van der Waals surface area contributed by atoms with Gasteiger partial charge in [0.2, 0.25) is 0 Å². The lowest BCUT2D eigenvalue weighted by Gasteiger charge is -2.17. The smallest absolute Gasteiger partial charge is 0.119 e. The van der Waals surface area contributed by atoms with Gasteiger partial charge in [-0.15, -0.1) is 0 Å². The molecule has 0 radical (unpaired) electrons. The predicted molar refractivity (Wildman–Crippen MR) is 79.3 cm³/mol. The molecule has 1 aromatic rings. The summed E-state index contributed by atoms with van der Waals surface area (Å²) >= 11 is 0. The Bertz CT molecular complexity index is 392. The van der Waals surface area contributed by atoms with E-state index in [1.165, 1.54) is 31.5 Å². The topological polar surface area (TPSA) is 38.5 Å². The zero-order chi connectivity index (χ0) is 13.7. The van der Waals surface area contributed by atoms with Gasteiger partial charge in [0, 0.05) is 19.1 Å². The molecule has 1 aliphatic heterocycles. The molecule has 1 heterocycles. The van der Waals surface area contributed by atoms with Crippen LogP contribution in [0.2, 0.25) is 0 Å². The number of benzene rings is 1. The number of nitrogens with zero attached hydrogens (tertiary/aromatic N) is 1. The van der Waals surface area contributed by atoms with Crippen molar-refractivity contribution in [3.8, 4) is 5.75 Å². The minimum absolute atomic E-state index is 0.340. The zero-order valence-electron chi connectivity index (χ0n) is 12.1. The number of ether oxygens (including phenoxy) is 1. The summed E-state index contributed by atoms with van der Waals surface area (Å²) < 4.78 is 5.27. The van der Waals surface area contributed by atoms with Crippen molar-refractivity contribution < 1.29 is 4.74 Å². The van der Waals surface area contributed by atoms with Crippen molar-refractivity contribution in [1.29, 1.82) is 0 Å². The van der Waals surface area contributed by atoms with Crippen LogP contribution in [0.25, 0.3) is 0 Å². The van der Waals surface area contributed by atoms with Crippen LogP contribution in [0, 0.1) is 5.92 Å². The second-order valence-corrected chi connectivity index (χ2v) is 5.80. The van der Waals surface area contributed by atoms with Crippen LogP contribution in [0.5, 0.6) is 5.75 Å². The fraction of sp³-hybridized carbons (Fsp3) is 0.625. The van der Waals surface area contributed by atoms with Crippen molar-refractivity contribution in [2.45, 2.75) is 38.8 Å². The molecule has 2 atom stereocenters. The second kappa shape index (κ2) is 6.92. The highest BCUT2D eigenvalue weighted by Crippen LogP contribution is 2.24. The minimum Gasteiger partial charge on any atom is -0.497 e. The van der Waals surface area contributed by atoms with E-state index < -0.39 is 0 Å². The van der Waals surface area contributed by atoms with Gasteiger partial charge in [-0.05, 0) is 56.3 Å². The van der Waals surface area contributed by atoms with Gasteiger partial charge >= 0.3 is 0 Å². The highest BCUT2D eigenvalue weighted by molar-refractivity contribution is 5.28. The maximum absolute atomic E-state index is 5.83. The second-order valence-electron chi connectivity index (χ2n) is 5.80. The largest absolute Gasteiger partial charge is 0.497 e. The molecular weight excluding hydrogens is 236 g/mol. The molecule has 0 saturated carbocycles. The summed E-state index contributed by atoms with van der Waals surface area (Å²) in [6, 6.07) is 8.72. The number of hydrogen-bond donors (Lipinski definition) is 1. The van der Waals surface area contributed by atoms with E-state index >= 15 is 0 Å². The molecule has 19 heavy (non-hydrogen) atoms. The molecule has 1 aliphatic rings. The molecule has 0 bridgehead atoms. The summed E-state index contributed by atoms with van der Waals surface area (Å²) in [6.07, 6.45) is 3.74. The number of methoxy groups -OCH3 is 1. The van der Waals surface area contributed by atoms with Crippen molar-refractivity contribution in [2.75, 3.05) is 20.2 Å². The van der Waals surface area contributed by atoms with E-state index in [9.17, 15) is 0 Å². The van der Waals surface area contributed by atoms with Gasteiger partial charge in [0.05, 0.1) is 7.11 Å². The summed E-state index contributed by atoms with van der Waals surface area (Å²) in [5.74, 6) is 1.78. The minimum atomic E-state index is 0.340. The van der Waals surface area contributed by atoms with E-state index in [4.69, 9.17) is 10.5 Å². The van der Waals surface area contributed by atoms with Gasteiger partial charge in [0.1, 0.15) is 5.75 Å². The molecule has 1 fully saturated rings. The van der Waals surface area contributed by atoms with Crippen molar-refractivity contribution >= 4 is 0 Å². The van der Waals surface area contributed by atoms with Crippen LogP contribution in [-0.4, -0.2) is 31.1 Å². The molecule has 3 heteroatoms. The summed E-state index contributed by atoms with van der Waals surface area (Å²) in [6.45, 7) is 5.56. The Balaban J connectivity index is 1.81. The van der Waals surface area contributed by atoms with Gasteiger partial charge in [-0.3, -0.25) is 4.90 Å². The summed E-state index contributed by atoms with van der Waals surface area (Å²) in [5.41, 5.74) is 7.17. The van der Waals surface area contributed by atoms with Crippen LogP contribution in [0.3, 0.4) is 0 Å². The van der Waals surface area contributed by atoms with Crippen LogP contribution in [0.15, 0.2) is 24.3 Å². The molecule has 3 nitrogen and oxygen atoms in total. The van der Waals surface area contributed by atoms with E-state index in [0.717, 1.165) is 24.6 Å². The summed E-state index contributed by atoms with van der Waals surface area (Å²) in [7, 11) is 1.72. The Morgan fingerprint density at radius 3 is 3.05 bits per heavy atom. The molecule has 0 spiro atoms. The van der Waals surface area contributed by atoms with E-state index in [-0.39, 0.29) is 0 Å². The average molecular weight is 262 g/mol. The Hall–Kier alpha value is -1.06. The number of nitrogens with two attached hydrogens (primary N) is 1. The van der Waals surface area contributed by atoms with Gasteiger partial charge < -0.3 is 10.5 Å². The molecular formula is C16H26N2O. The average Bonchev–Trinajstić information content (AvgIpc) is 2.84. The predicted octanol–water partition coefficient (Wildman–Crippen LogP) is 2.64. The first-order chi connectivity index (χ1) is 9.17. The quantitative estimate of drug-likeness (QED) is 0.856. The third-order valence-electron chi connectivity index (χ3n) is 3.94. The lowest BCUT2D eigenvalue weighted by molar-refractivity contribution is 0.310. The van der Waals surface area contributed by atoms with Crippen LogP contribution in [-0.2, 0) is 6.54 Å². The molecule has 2 unspecified atom stereocenters. The SMILES string of the molecule is COc1cccc(CN2CCC(CCC(C)N)C2)c1. The zero-order valence-corrected chi connectivity index (χ0v) is 12.1. The molecule has 2 N–H and O–H groups in total. The number of likely N-dealkylation sites (tertiary alicyclic amines) is 1. The van der Waals surface area contributed by atoms with E-state index in [1.54, 1.807) is 7.11 Å². The van der Waals surface area contributed by atoms with Crippen LogP contribution >= 0.6 is 0 Å². The highest BCUT2D eigenvalue weighted by atomic mass is 16.5. The van der Waals surface area contributed by atoms with E-state index in [0.29, 0.717) is 6.04 Å². The standard InChI is InChI=1S/C16H26N2O/c1-13(17)6-7-14-8-9-18(11-14)12-15-4-3-5-16(10-15)19-2/h3-5,10,13-14H,6-9,11-12,17H2,1-2H3. The third kappa shape index (κ3) is 4.51. The fourth-order valence-electron chi connectivity index (χ4n) is 2.82. The molecule has 0 aromatic heterocycles. The van der Waals surface area contributed by atoms with Gasteiger partial charge in [-0.25, -0.2) is 0 Å². The van der Waals surface area contributed by atoms with Gasteiger partial charge in [-0.2, -0.15) is 0 Å². The Kier molecular flexibility index (Phi) is 5.23. The summed E-state index contributed by atoms with van der Waals surface area (Å²) in [4.78, 5) is 2.54. The maximum atomic E-state index is 5.83. The summed E-state index contributed by atoms with van der Waals surface area (Å²) in [5, 5.41) is 0. The molecule has 106 valence electrons. The number of hydrogen-bond acceptors (Lipinski definition) is 3. The Morgan fingerprint density at radius 2 is 2.32 bits per heavy atom. The Morgan fingerprint density at radius 1 is 1.47 bits per heavy atom. The van der Waals surface area contributed by atoms with Crippen LogP contribution < -0.4 is 10.5 Å². The maximum Gasteiger partial charge on any atom is 0.119 e. The molecule has 2 rings (SSSR count). The monoisotopic (exact) mass is 262 g/mol. The van der Waals surface area contributed by atoms with Gasteiger partial charge in [0.25, 0.3) is 0 Å². The van der Waals surface area contributed by atoms with Crippen LogP contribution in [0.1, 0.15) is 31.7 Å². The van der Waals surface area contributed by atoms with Crippen molar-refractivity contribution in [3.05, 3.63) is 29.8 Å². The van der Waals surface area contributed by atoms with Crippen LogP contribution in [0.4, 0.5) is 0 Å². The molecule has 0 aliphatic carbocycles. The molecule has 1 saturated heterocycles. The first-order valence-electron chi connectivity index (χ1n) is 7.28. The molecule has 0 amide bonds. The van der Waals surface area contributed by atoms with E-state index in [1.807, 2.05) is 6.07 Å². The lowest BCUT2D eigenvalue weighted by Crippen LogP contribution is -2.21. The fourth-order valence-corrected chi connectivity index (χ4v) is 2.82. The highest BCUT2D eigenvalue weighted by Gasteiger charge is 2.22. The first kappa shape index (κ1) is 14.4. The first-order valence-corrected chi connectivity index (χ1v) is 7.28. The molecule has 1 aromatic carbocycles. The van der Waals surface area contributed by atoms with Crippen molar-refractivity contribution in [2.24, 2.45) is 11.7 Å². The van der Waals surface area contributed by atoms with E-state index in [2.05, 4.69) is 30.0 Å². The van der Waals surface area contributed by atoms with Gasteiger partial charge in [-0.1, -0.05) is 12.1 Å². The Labute approximate surface area is 116 Å². The van der Waals surface area contributed by atoms with Crippen molar-refractivity contribution in [1.82, 2.24) is 4.90 Å². The third-order valence-corrected chi connectivity index (χ3v) is 3.94. The lowest BCUT2D eigenvalue weighted by atomic mass is 10.0. The van der Waals surface area contributed by atoms with Crippen molar-refractivity contribution in [3.63, 3.8) is 0 Å². The normalized spacial score (nSPS) is 21.5. The van der Waals surface area contributed by atoms with Gasteiger partial charge in [0.15, 0.2) is 0 Å². The number of rotatable bonds is 6.